The summed E-state index contributed by atoms with van der Waals surface area (Å²) in [6.07, 6.45) is 1.69. The molecule has 0 amide bonds. The summed E-state index contributed by atoms with van der Waals surface area (Å²) in [5, 5.41) is 2.04. The van der Waals surface area contributed by atoms with Gasteiger partial charge >= 0.3 is 0 Å². The monoisotopic (exact) mass is 250 g/mol. The van der Waals surface area contributed by atoms with Crippen LogP contribution < -0.4 is 11.3 Å². The molecule has 1 aromatic carbocycles. The van der Waals surface area contributed by atoms with Crippen LogP contribution in [0.4, 0.5) is 4.39 Å². The van der Waals surface area contributed by atoms with Gasteiger partial charge in [0.15, 0.2) is 0 Å². The molecule has 2 aromatic rings. The third kappa shape index (κ3) is 3.12. The highest BCUT2D eigenvalue weighted by molar-refractivity contribution is 7.09. The van der Waals surface area contributed by atoms with Crippen molar-refractivity contribution in [3.8, 4) is 0 Å². The molecule has 2 rings (SSSR count). The van der Waals surface area contributed by atoms with Gasteiger partial charge in [-0.3, -0.25) is 11.3 Å². The second-order valence-corrected chi connectivity index (χ2v) is 4.89. The van der Waals surface area contributed by atoms with Gasteiger partial charge in [0.05, 0.1) is 0 Å². The lowest BCUT2D eigenvalue weighted by atomic mass is 10.0. The molecule has 0 aliphatic carbocycles. The van der Waals surface area contributed by atoms with Crippen LogP contribution in [0, 0.1) is 5.82 Å². The van der Waals surface area contributed by atoms with E-state index in [1.807, 2.05) is 17.5 Å². The first-order chi connectivity index (χ1) is 8.31. The zero-order valence-corrected chi connectivity index (χ0v) is 10.2. The van der Waals surface area contributed by atoms with E-state index in [0.29, 0.717) is 5.56 Å². The zero-order chi connectivity index (χ0) is 12.1. The van der Waals surface area contributed by atoms with Gasteiger partial charge in [-0.15, -0.1) is 11.3 Å². The molecule has 0 bridgehead atoms. The molecule has 0 fully saturated rings. The molecule has 0 saturated heterocycles. The molecule has 0 saturated carbocycles. The van der Waals surface area contributed by atoms with Crippen LogP contribution in [0.5, 0.6) is 0 Å². The van der Waals surface area contributed by atoms with Crippen LogP contribution in [0.3, 0.4) is 0 Å². The molecule has 0 radical (unpaired) electrons. The molecular weight excluding hydrogens is 235 g/mol. The first-order valence-electron chi connectivity index (χ1n) is 5.54. The van der Waals surface area contributed by atoms with Crippen LogP contribution in [0.2, 0.25) is 0 Å². The summed E-state index contributed by atoms with van der Waals surface area (Å²) in [5.74, 6) is 5.29. The van der Waals surface area contributed by atoms with E-state index in [1.165, 1.54) is 10.9 Å². The van der Waals surface area contributed by atoms with Crippen molar-refractivity contribution in [1.29, 1.82) is 0 Å². The van der Waals surface area contributed by atoms with Crippen LogP contribution in [0.15, 0.2) is 41.8 Å². The Bertz CT molecular complexity index is 456. The van der Waals surface area contributed by atoms with Crippen molar-refractivity contribution in [1.82, 2.24) is 5.43 Å². The van der Waals surface area contributed by atoms with Crippen molar-refractivity contribution < 1.29 is 4.39 Å². The predicted octanol–water partition coefficient (Wildman–Crippen LogP) is 3.02. The van der Waals surface area contributed by atoms with Gasteiger partial charge in [-0.25, -0.2) is 4.39 Å². The third-order valence-corrected chi connectivity index (χ3v) is 3.68. The number of hydrogen-bond acceptors (Lipinski definition) is 3. The average molecular weight is 250 g/mol. The van der Waals surface area contributed by atoms with Crippen LogP contribution in [-0.4, -0.2) is 0 Å². The zero-order valence-electron chi connectivity index (χ0n) is 9.40. The number of hydrazine groups is 1. The Kier molecular flexibility index (Phi) is 4.25. The predicted molar refractivity (Wildman–Crippen MR) is 69.1 cm³/mol. The standard InChI is InChI=1S/C13H15FN2S/c14-12-6-2-1-5-11(12)13(16-15)8-7-10-4-3-9-17-10/h1-6,9,13,16H,7-8,15H2. The second-order valence-electron chi connectivity index (χ2n) is 3.86. The summed E-state index contributed by atoms with van der Waals surface area (Å²) < 4.78 is 13.6. The second kappa shape index (κ2) is 5.91. The number of hydrogen-bond donors (Lipinski definition) is 2. The summed E-state index contributed by atoms with van der Waals surface area (Å²) in [7, 11) is 0. The van der Waals surface area contributed by atoms with Crippen molar-refractivity contribution >= 4 is 11.3 Å². The van der Waals surface area contributed by atoms with Crippen molar-refractivity contribution in [3.63, 3.8) is 0 Å². The van der Waals surface area contributed by atoms with Crippen LogP contribution >= 0.6 is 11.3 Å². The van der Waals surface area contributed by atoms with E-state index in [0.717, 1.165) is 12.8 Å². The van der Waals surface area contributed by atoms with Crippen LogP contribution in [-0.2, 0) is 6.42 Å². The minimum absolute atomic E-state index is 0.140. The quantitative estimate of drug-likeness (QED) is 0.632. The first-order valence-corrected chi connectivity index (χ1v) is 6.42. The normalized spacial score (nSPS) is 12.6. The topological polar surface area (TPSA) is 38.0 Å². The van der Waals surface area contributed by atoms with E-state index in [1.54, 1.807) is 23.5 Å². The lowest BCUT2D eigenvalue weighted by molar-refractivity contribution is 0.486. The van der Waals surface area contributed by atoms with E-state index < -0.39 is 0 Å². The smallest absolute Gasteiger partial charge is 0.128 e. The molecule has 17 heavy (non-hydrogen) atoms. The molecule has 1 atom stereocenters. The number of aryl methyl sites for hydroxylation is 1. The molecule has 0 aliphatic heterocycles. The molecule has 0 spiro atoms. The molecule has 1 unspecified atom stereocenters. The van der Waals surface area contributed by atoms with Gasteiger partial charge in [-0.1, -0.05) is 24.3 Å². The molecule has 0 aliphatic rings. The van der Waals surface area contributed by atoms with Crippen molar-refractivity contribution in [2.45, 2.75) is 18.9 Å². The Balaban J connectivity index is 2.04. The highest BCUT2D eigenvalue weighted by atomic mass is 32.1. The molecular formula is C13H15FN2S. The van der Waals surface area contributed by atoms with Crippen molar-refractivity contribution in [2.24, 2.45) is 5.84 Å². The van der Waals surface area contributed by atoms with Crippen molar-refractivity contribution in [3.05, 3.63) is 58.0 Å². The Hall–Kier alpha value is -1.23. The molecule has 1 heterocycles. The first kappa shape index (κ1) is 12.2. The van der Waals surface area contributed by atoms with Gasteiger partial charge in [-0.05, 0) is 30.4 Å². The van der Waals surface area contributed by atoms with Crippen LogP contribution in [0.25, 0.3) is 0 Å². The number of benzene rings is 1. The Morgan fingerprint density at radius 3 is 2.71 bits per heavy atom. The molecule has 90 valence electrons. The summed E-state index contributed by atoms with van der Waals surface area (Å²) in [6.45, 7) is 0. The van der Waals surface area contributed by atoms with E-state index in [9.17, 15) is 4.39 Å². The van der Waals surface area contributed by atoms with Gasteiger partial charge in [-0.2, -0.15) is 0 Å². The SMILES string of the molecule is NNC(CCc1cccs1)c1ccccc1F. The van der Waals surface area contributed by atoms with Gasteiger partial charge in [0.1, 0.15) is 5.82 Å². The van der Waals surface area contributed by atoms with E-state index >= 15 is 0 Å². The third-order valence-electron chi connectivity index (χ3n) is 2.74. The highest BCUT2D eigenvalue weighted by Gasteiger charge is 2.13. The van der Waals surface area contributed by atoms with Gasteiger partial charge < -0.3 is 0 Å². The maximum atomic E-state index is 13.6. The largest absolute Gasteiger partial charge is 0.271 e. The van der Waals surface area contributed by atoms with Crippen molar-refractivity contribution in [2.75, 3.05) is 0 Å². The molecule has 4 heteroatoms. The lowest BCUT2D eigenvalue weighted by Gasteiger charge is -2.16. The van der Waals surface area contributed by atoms with E-state index in [4.69, 9.17) is 5.84 Å². The minimum atomic E-state index is -0.207. The number of thiophene rings is 1. The summed E-state index contributed by atoms with van der Waals surface area (Å²) >= 11 is 1.71. The summed E-state index contributed by atoms with van der Waals surface area (Å²) in [5.41, 5.74) is 3.32. The maximum absolute atomic E-state index is 13.6. The fraction of sp³-hybridized carbons (Fsp3) is 0.231. The number of nitrogens with two attached hydrogens (primary N) is 1. The molecule has 2 nitrogen and oxygen atoms in total. The van der Waals surface area contributed by atoms with Gasteiger partial charge in [0.2, 0.25) is 0 Å². The van der Waals surface area contributed by atoms with Crippen LogP contribution in [0.1, 0.15) is 22.9 Å². The number of halogens is 1. The molecule has 1 aromatic heterocycles. The minimum Gasteiger partial charge on any atom is -0.271 e. The Labute approximate surface area is 104 Å². The van der Waals surface area contributed by atoms with Gasteiger partial charge in [0.25, 0.3) is 0 Å². The fourth-order valence-corrected chi connectivity index (χ4v) is 2.55. The Morgan fingerprint density at radius 2 is 2.06 bits per heavy atom. The van der Waals surface area contributed by atoms with E-state index in [2.05, 4.69) is 11.5 Å². The summed E-state index contributed by atoms with van der Waals surface area (Å²) in [4.78, 5) is 1.29. The fourth-order valence-electron chi connectivity index (χ4n) is 1.83. The summed E-state index contributed by atoms with van der Waals surface area (Å²) in [6, 6.07) is 10.7. The highest BCUT2D eigenvalue weighted by Crippen LogP contribution is 2.22. The lowest BCUT2D eigenvalue weighted by Crippen LogP contribution is -2.29. The maximum Gasteiger partial charge on any atom is 0.128 e. The number of nitrogens with one attached hydrogen (secondary N) is 1. The average Bonchev–Trinajstić information content (AvgIpc) is 2.85. The Morgan fingerprint density at radius 1 is 1.24 bits per heavy atom. The van der Waals surface area contributed by atoms with E-state index in [-0.39, 0.29) is 11.9 Å². The molecule has 3 N–H and O–H groups in total. The van der Waals surface area contributed by atoms with Gasteiger partial charge in [0, 0.05) is 16.5 Å². The number of rotatable bonds is 5.